The van der Waals surface area contributed by atoms with Gasteiger partial charge in [-0.25, -0.2) is 14.8 Å². The summed E-state index contributed by atoms with van der Waals surface area (Å²) in [5, 5.41) is 15.2. The molecule has 3 atom stereocenters. The van der Waals surface area contributed by atoms with Gasteiger partial charge in [0, 0.05) is 34.8 Å². The van der Waals surface area contributed by atoms with Gasteiger partial charge >= 0.3 is 5.97 Å². The maximum atomic E-state index is 13.5. The summed E-state index contributed by atoms with van der Waals surface area (Å²) >= 11 is 1.39. The van der Waals surface area contributed by atoms with E-state index in [9.17, 15) is 19.5 Å². The van der Waals surface area contributed by atoms with E-state index in [1.165, 1.54) is 61.9 Å². The van der Waals surface area contributed by atoms with Crippen molar-refractivity contribution in [1.29, 1.82) is 0 Å². The van der Waals surface area contributed by atoms with Crippen LogP contribution >= 0.6 is 11.3 Å². The minimum Gasteiger partial charge on any atom is -0.480 e. The highest BCUT2D eigenvalue weighted by atomic mass is 32.1. The lowest BCUT2D eigenvalue weighted by Crippen LogP contribution is -2.53. The molecule has 0 saturated heterocycles. The van der Waals surface area contributed by atoms with Crippen LogP contribution in [-0.2, 0) is 21.4 Å². The Morgan fingerprint density at radius 2 is 1.59 bits per heavy atom. The summed E-state index contributed by atoms with van der Waals surface area (Å²) in [6, 6.07) is 9.30. The number of benzene rings is 1. The van der Waals surface area contributed by atoms with Crippen LogP contribution in [-0.4, -0.2) is 44.9 Å². The number of carboxylic acids is 1. The monoisotopic (exact) mass is 712 g/mol. The number of carbonyl (C=O) groups excluding carboxylic acids is 2. The first kappa shape index (κ1) is 38.4. The number of hydrogen-bond donors (Lipinski definition) is 3. The number of amides is 2. The largest absolute Gasteiger partial charge is 0.480 e. The Labute approximate surface area is 308 Å². The molecule has 3 N–H and O–H groups in total. The number of hydrogen-bond acceptors (Lipinski definition) is 6. The van der Waals surface area contributed by atoms with Crippen molar-refractivity contribution in [2.45, 2.75) is 123 Å². The maximum absolute atomic E-state index is 13.5. The quantitative estimate of drug-likeness (QED) is 0.163. The van der Waals surface area contributed by atoms with Crippen LogP contribution < -0.4 is 10.6 Å². The Bertz CT molecular complexity index is 1660. The first-order valence-electron chi connectivity index (χ1n) is 18.9. The van der Waals surface area contributed by atoms with Crippen molar-refractivity contribution in [2.75, 3.05) is 0 Å². The van der Waals surface area contributed by atoms with Crippen LogP contribution in [0.3, 0.4) is 0 Å². The highest BCUT2D eigenvalue weighted by molar-refractivity contribution is 7.14. The molecule has 2 aromatic heterocycles. The SMILES string of the molecule is CCCC1CCC(C2CC=C(c3cnc(-c4ccc(C[C@H](NC(=O)c5ccc(C(C)(C)C)s5)C(=O)N[C@H](C(=O)O)C(C)C)cc4)nc3)CC2)CC1. The smallest absolute Gasteiger partial charge is 0.326 e. The molecule has 0 spiro atoms. The molecule has 5 rings (SSSR count). The van der Waals surface area contributed by atoms with Crippen LogP contribution in [0.4, 0.5) is 0 Å². The zero-order valence-electron chi connectivity index (χ0n) is 31.2. The van der Waals surface area contributed by atoms with Crippen LogP contribution in [0.25, 0.3) is 17.0 Å². The first-order chi connectivity index (χ1) is 24.3. The Morgan fingerprint density at radius 3 is 2.14 bits per heavy atom. The molecule has 1 fully saturated rings. The van der Waals surface area contributed by atoms with Crippen LogP contribution in [0.5, 0.6) is 0 Å². The summed E-state index contributed by atoms with van der Waals surface area (Å²) in [5.74, 6) is 0.911. The third kappa shape index (κ3) is 10.1. The highest BCUT2D eigenvalue weighted by Crippen LogP contribution is 2.42. The van der Waals surface area contributed by atoms with Gasteiger partial charge < -0.3 is 15.7 Å². The predicted molar refractivity (Wildman–Crippen MR) is 206 cm³/mol. The second kappa shape index (κ2) is 17.1. The molecule has 2 aliphatic carbocycles. The van der Waals surface area contributed by atoms with Gasteiger partial charge in [-0.1, -0.05) is 97.6 Å². The lowest BCUT2D eigenvalue weighted by molar-refractivity contribution is -0.143. The van der Waals surface area contributed by atoms with Gasteiger partial charge in [0.25, 0.3) is 5.91 Å². The molecule has 1 aromatic carbocycles. The molecule has 274 valence electrons. The van der Waals surface area contributed by atoms with Gasteiger partial charge in [-0.3, -0.25) is 9.59 Å². The average molecular weight is 713 g/mol. The maximum Gasteiger partial charge on any atom is 0.326 e. The Morgan fingerprint density at radius 1 is 0.902 bits per heavy atom. The van der Waals surface area contributed by atoms with Crippen LogP contribution in [0.2, 0.25) is 0 Å². The minimum atomic E-state index is -1.12. The number of carboxylic acid groups (broad SMARTS) is 1. The minimum absolute atomic E-state index is 0.110. The van der Waals surface area contributed by atoms with Crippen molar-refractivity contribution in [1.82, 2.24) is 20.6 Å². The van der Waals surface area contributed by atoms with E-state index >= 15 is 0 Å². The van der Waals surface area contributed by atoms with E-state index in [0.717, 1.165) is 52.2 Å². The van der Waals surface area contributed by atoms with Crippen LogP contribution in [0.15, 0.2) is 54.9 Å². The van der Waals surface area contributed by atoms with Gasteiger partial charge in [0.05, 0.1) is 4.88 Å². The van der Waals surface area contributed by atoms with E-state index in [1.807, 2.05) is 42.7 Å². The summed E-state index contributed by atoms with van der Waals surface area (Å²) in [4.78, 5) is 49.6. The van der Waals surface area contributed by atoms with Crippen molar-refractivity contribution in [3.8, 4) is 11.4 Å². The van der Waals surface area contributed by atoms with Crippen molar-refractivity contribution in [3.63, 3.8) is 0 Å². The highest BCUT2D eigenvalue weighted by Gasteiger charge is 2.31. The van der Waals surface area contributed by atoms with E-state index in [0.29, 0.717) is 10.7 Å². The number of nitrogens with zero attached hydrogens (tertiary/aromatic N) is 2. The molecule has 51 heavy (non-hydrogen) atoms. The molecular weight excluding hydrogens is 657 g/mol. The van der Waals surface area contributed by atoms with Gasteiger partial charge in [-0.2, -0.15) is 0 Å². The average Bonchev–Trinajstić information content (AvgIpc) is 3.63. The Hall–Kier alpha value is -3.85. The first-order valence-corrected chi connectivity index (χ1v) is 19.7. The van der Waals surface area contributed by atoms with E-state index in [-0.39, 0.29) is 23.7 Å². The van der Waals surface area contributed by atoms with Crippen LogP contribution in [0.1, 0.15) is 125 Å². The fourth-order valence-corrected chi connectivity index (χ4v) is 8.61. The normalized spacial score (nSPS) is 20.7. The number of aliphatic carboxylic acids is 1. The summed E-state index contributed by atoms with van der Waals surface area (Å²) < 4.78 is 0. The van der Waals surface area contributed by atoms with Crippen molar-refractivity contribution in [2.24, 2.45) is 23.7 Å². The van der Waals surface area contributed by atoms with E-state index in [4.69, 9.17) is 9.97 Å². The fraction of sp³-hybridized carbons (Fsp3) is 0.548. The molecule has 0 bridgehead atoms. The lowest BCUT2D eigenvalue weighted by atomic mass is 9.70. The number of nitrogens with one attached hydrogen (secondary N) is 2. The predicted octanol–water partition coefficient (Wildman–Crippen LogP) is 8.86. The molecule has 3 aromatic rings. The van der Waals surface area contributed by atoms with Gasteiger partial charge in [0.1, 0.15) is 12.1 Å². The number of thiophene rings is 1. The van der Waals surface area contributed by atoms with Crippen LogP contribution in [0, 0.1) is 23.7 Å². The molecule has 2 heterocycles. The second-order valence-electron chi connectivity index (χ2n) is 16.0. The molecule has 2 amide bonds. The molecule has 0 radical (unpaired) electrons. The topological polar surface area (TPSA) is 121 Å². The molecule has 0 aliphatic heterocycles. The molecule has 2 aliphatic rings. The van der Waals surface area contributed by atoms with E-state index < -0.39 is 24.0 Å². The summed E-state index contributed by atoms with van der Waals surface area (Å²) in [5.41, 5.74) is 3.99. The van der Waals surface area contributed by atoms with E-state index in [1.54, 1.807) is 19.9 Å². The van der Waals surface area contributed by atoms with E-state index in [2.05, 4.69) is 44.4 Å². The number of carbonyl (C=O) groups is 3. The van der Waals surface area contributed by atoms with Crippen molar-refractivity contribution >= 4 is 34.7 Å². The van der Waals surface area contributed by atoms with Gasteiger partial charge in [0.2, 0.25) is 5.91 Å². The number of rotatable bonds is 13. The summed E-state index contributed by atoms with van der Waals surface area (Å²) in [6.45, 7) is 12.0. The summed E-state index contributed by atoms with van der Waals surface area (Å²) in [7, 11) is 0. The molecule has 1 saturated carbocycles. The second-order valence-corrected chi connectivity index (χ2v) is 17.1. The Balaban J connectivity index is 1.23. The zero-order chi connectivity index (χ0) is 36.7. The number of aromatic nitrogens is 2. The fourth-order valence-electron chi connectivity index (χ4n) is 7.64. The van der Waals surface area contributed by atoms with Crippen molar-refractivity contribution < 1.29 is 19.5 Å². The van der Waals surface area contributed by atoms with Gasteiger partial charge in [-0.05, 0) is 84.5 Å². The van der Waals surface area contributed by atoms with Crippen molar-refractivity contribution in [3.05, 3.63) is 75.7 Å². The third-order valence-corrected chi connectivity index (χ3v) is 12.3. The molecule has 9 heteroatoms. The molecular formula is C42H56N4O4S. The Kier molecular flexibility index (Phi) is 12.9. The zero-order valence-corrected chi connectivity index (χ0v) is 32.0. The standard InChI is InChI=1S/C42H56N4O4S/c1-7-8-27-9-13-29(14-10-27)30-17-19-31(20-18-30)33-24-43-38(44-25-33)32-15-11-28(12-16-32)23-34(39(47)46-37(26(2)3)41(49)50)45-40(48)35-21-22-36(51-35)42(4,5)6/h11-12,15-16,19,21-22,24-27,29-30,34,37H,7-10,13-14,17-18,20,23H2,1-6H3,(H,45,48)(H,46,47)(H,49,50)/t27?,29?,30?,34-,37-/m0/s1. The number of allylic oxidation sites excluding steroid dienone is 2. The molecule has 8 nitrogen and oxygen atoms in total. The summed E-state index contributed by atoms with van der Waals surface area (Å²) in [6.07, 6.45) is 18.3. The van der Waals surface area contributed by atoms with Gasteiger partial charge in [-0.15, -0.1) is 11.3 Å². The lowest BCUT2D eigenvalue weighted by Gasteiger charge is -2.35. The third-order valence-electron chi connectivity index (χ3n) is 10.8. The van der Waals surface area contributed by atoms with Gasteiger partial charge in [0.15, 0.2) is 5.82 Å². The molecule has 1 unspecified atom stereocenters.